The van der Waals surface area contributed by atoms with Gasteiger partial charge < -0.3 is 9.64 Å². The molecule has 3 rings (SSSR count). The summed E-state index contributed by atoms with van der Waals surface area (Å²) in [5.74, 6) is -0.975. The Morgan fingerprint density at radius 1 is 1.13 bits per heavy atom. The summed E-state index contributed by atoms with van der Waals surface area (Å²) in [7, 11) is 1.91. The Kier molecular flexibility index (Phi) is 5.82. The van der Waals surface area contributed by atoms with Crippen molar-refractivity contribution in [3.05, 3.63) is 87.6 Å². The summed E-state index contributed by atoms with van der Waals surface area (Å²) >= 11 is 0. The molecule has 1 aliphatic rings. The first-order valence-electron chi connectivity index (χ1n) is 9.37. The molecule has 0 radical (unpaired) electrons. The molecule has 7 nitrogen and oxygen atoms in total. The Morgan fingerprint density at radius 3 is 2.43 bits per heavy atom. The number of anilines is 1. The predicted octanol–water partition coefficient (Wildman–Crippen LogP) is 4.03. The fourth-order valence-corrected chi connectivity index (χ4v) is 3.51. The van der Waals surface area contributed by atoms with E-state index in [9.17, 15) is 19.7 Å². The number of benzene rings is 2. The van der Waals surface area contributed by atoms with E-state index in [1.54, 1.807) is 0 Å². The third-order valence-electron chi connectivity index (χ3n) is 5.11. The molecule has 0 fully saturated rings. The summed E-state index contributed by atoms with van der Waals surface area (Å²) < 4.78 is 5.03. The summed E-state index contributed by atoms with van der Waals surface area (Å²) in [6, 6.07) is 13.7. The monoisotopic (exact) mass is 406 g/mol. The molecular weight excluding hydrogens is 384 g/mol. The average Bonchev–Trinajstić information content (AvgIpc) is 2.92. The van der Waals surface area contributed by atoms with Crippen molar-refractivity contribution in [2.45, 2.75) is 19.3 Å². The SMILES string of the molecule is CN1C(=CC(=O)COC(=O)C=Cc2ccc([N+](=O)[O-])cc2)C(C)(C)c2ccccc21. The van der Waals surface area contributed by atoms with Crippen molar-refractivity contribution in [2.75, 3.05) is 18.6 Å². The van der Waals surface area contributed by atoms with Gasteiger partial charge in [-0.25, -0.2) is 4.79 Å². The van der Waals surface area contributed by atoms with Crippen LogP contribution in [-0.2, 0) is 19.7 Å². The number of carbonyl (C=O) groups excluding carboxylic acids is 2. The summed E-state index contributed by atoms with van der Waals surface area (Å²) in [4.78, 5) is 36.4. The zero-order valence-electron chi connectivity index (χ0n) is 17.0. The normalized spacial score (nSPS) is 16.0. The van der Waals surface area contributed by atoms with Gasteiger partial charge in [-0.1, -0.05) is 32.0 Å². The molecule has 0 aliphatic carbocycles. The molecule has 2 aromatic carbocycles. The Labute approximate surface area is 174 Å². The standard InChI is InChI=1S/C23H22N2O5/c1-23(2)19-6-4-5-7-20(19)24(3)21(23)14-18(26)15-30-22(27)13-10-16-8-11-17(12-9-16)25(28)29/h4-14H,15H2,1-3H3. The number of rotatable bonds is 6. The average molecular weight is 406 g/mol. The van der Waals surface area contributed by atoms with Gasteiger partial charge in [0.2, 0.25) is 0 Å². The van der Waals surface area contributed by atoms with Gasteiger partial charge in [0, 0.05) is 48.1 Å². The molecule has 0 saturated heterocycles. The van der Waals surface area contributed by atoms with Crippen LogP contribution in [0.3, 0.4) is 0 Å². The van der Waals surface area contributed by atoms with Crippen LogP contribution in [0.1, 0.15) is 25.0 Å². The number of ketones is 1. The zero-order chi connectivity index (χ0) is 21.9. The fraction of sp³-hybridized carbons (Fsp3) is 0.217. The lowest BCUT2D eigenvalue weighted by molar-refractivity contribution is -0.384. The van der Waals surface area contributed by atoms with Gasteiger partial charge in [0.05, 0.1) is 4.92 Å². The Hall–Kier alpha value is -3.74. The molecule has 1 heterocycles. The predicted molar refractivity (Wildman–Crippen MR) is 114 cm³/mol. The van der Waals surface area contributed by atoms with Gasteiger partial charge in [0.15, 0.2) is 12.4 Å². The number of nitrogens with zero attached hydrogens (tertiary/aromatic N) is 2. The third kappa shape index (κ3) is 4.30. The second-order valence-corrected chi connectivity index (χ2v) is 7.49. The molecule has 0 atom stereocenters. The highest BCUT2D eigenvalue weighted by Crippen LogP contribution is 2.46. The van der Waals surface area contributed by atoms with Crippen molar-refractivity contribution in [3.8, 4) is 0 Å². The number of likely N-dealkylation sites (N-methyl/N-ethyl adjacent to an activating group) is 1. The largest absolute Gasteiger partial charge is 0.454 e. The molecule has 7 heteroatoms. The lowest BCUT2D eigenvalue weighted by Crippen LogP contribution is -2.25. The van der Waals surface area contributed by atoms with Gasteiger partial charge in [-0.15, -0.1) is 0 Å². The van der Waals surface area contributed by atoms with E-state index in [1.165, 1.54) is 42.5 Å². The Morgan fingerprint density at radius 2 is 1.80 bits per heavy atom. The maximum Gasteiger partial charge on any atom is 0.331 e. The molecule has 0 amide bonds. The third-order valence-corrected chi connectivity index (χ3v) is 5.11. The smallest absolute Gasteiger partial charge is 0.331 e. The molecular formula is C23H22N2O5. The zero-order valence-corrected chi connectivity index (χ0v) is 17.0. The second-order valence-electron chi connectivity index (χ2n) is 7.49. The van der Waals surface area contributed by atoms with Crippen molar-refractivity contribution in [3.63, 3.8) is 0 Å². The number of nitro benzene ring substituents is 1. The van der Waals surface area contributed by atoms with Gasteiger partial charge in [-0.2, -0.15) is 0 Å². The van der Waals surface area contributed by atoms with Gasteiger partial charge in [-0.05, 0) is 35.4 Å². The van der Waals surface area contributed by atoms with Crippen LogP contribution >= 0.6 is 0 Å². The van der Waals surface area contributed by atoms with Crippen LogP contribution in [0.15, 0.2) is 66.4 Å². The minimum atomic E-state index is -0.664. The van der Waals surface area contributed by atoms with E-state index < -0.39 is 10.9 Å². The van der Waals surface area contributed by atoms with E-state index in [1.807, 2.05) is 50.1 Å². The van der Waals surface area contributed by atoms with Gasteiger partial charge in [-0.3, -0.25) is 14.9 Å². The maximum absolute atomic E-state index is 12.4. The summed E-state index contributed by atoms with van der Waals surface area (Å²) in [5, 5.41) is 10.6. The quantitative estimate of drug-likeness (QED) is 0.311. The number of fused-ring (bicyclic) bond motifs is 1. The van der Waals surface area contributed by atoms with Crippen LogP contribution in [0.5, 0.6) is 0 Å². The van der Waals surface area contributed by atoms with E-state index in [4.69, 9.17) is 4.74 Å². The summed E-state index contributed by atoms with van der Waals surface area (Å²) in [6.45, 7) is 3.73. The number of esters is 1. The number of para-hydroxylation sites is 1. The van der Waals surface area contributed by atoms with E-state index in [0.29, 0.717) is 5.56 Å². The molecule has 0 aromatic heterocycles. The van der Waals surface area contributed by atoms with E-state index >= 15 is 0 Å². The Bertz CT molecular complexity index is 1050. The molecule has 0 unspecified atom stereocenters. The number of allylic oxidation sites excluding steroid dienone is 1. The number of nitro groups is 1. The van der Waals surface area contributed by atoms with Crippen molar-refractivity contribution in [1.82, 2.24) is 0 Å². The molecule has 154 valence electrons. The molecule has 2 aromatic rings. The van der Waals surface area contributed by atoms with Crippen LogP contribution < -0.4 is 4.90 Å². The maximum atomic E-state index is 12.4. The molecule has 0 bridgehead atoms. The highest BCUT2D eigenvalue weighted by Gasteiger charge is 2.38. The lowest BCUT2D eigenvalue weighted by atomic mass is 9.83. The van der Waals surface area contributed by atoms with Gasteiger partial charge in [0.1, 0.15) is 0 Å². The second kappa shape index (κ2) is 8.32. The summed E-state index contributed by atoms with van der Waals surface area (Å²) in [6.07, 6.45) is 4.18. The Balaban J connectivity index is 1.60. The first-order valence-corrected chi connectivity index (χ1v) is 9.37. The van der Waals surface area contributed by atoms with Gasteiger partial charge >= 0.3 is 5.97 Å². The van der Waals surface area contributed by atoms with E-state index in [-0.39, 0.29) is 23.5 Å². The first-order chi connectivity index (χ1) is 14.2. The number of hydrogen-bond donors (Lipinski definition) is 0. The van der Waals surface area contributed by atoms with Crippen LogP contribution in [-0.4, -0.2) is 30.3 Å². The highest BCUT2D eigenvalue weighted by atomic mass is 16.6. The molecule has 1 aliphatic heterocycles. The minimum Gasteiger partial charge on any atom is -0.454 e. The topological polar surface area (TPSA) is 89.8 Å². The van der Waals surface area contributed by atoms with Crippen LogP contribution in [0.4, 0.5) is 11.4 Å². The van der Waals surface area contributed by atoms with Crippen LogP contribution in [0.25, 0.3) is 6.08 Å². The molecule has 30 heavy (non-hydrogen) atoms. The van der Waals surface area contributed by atoms with Crippen LogP contribution in [0.2, 0.25) is 0 Å². The number of carbonyl (C=O) groups is 2. The minimum absolute atomic E-state index is 0.0321. The van der Waals surface area contributed by atoms with E-state index in [2.05, 4.69) is 0 Å². The number of ether oxygens (including phenoxy) is 1. The van der Waals surface area contributed by atoms with Gasteiger partial charge in [0.25, 0.3) is 5.69 Å². The fourth-order valence-electron chi connectivity index (χ4n) is 3.51. The van der Waals surface area contributed by atoms with Crippen LogP contribution in [0, 0.1) is 10.1 Å². The van der Waals surface area contributed by atoms with Crippen molar-refractivity contribution in [2.24, 2.45) is 0 Å². The molecule has 0 saturated carbocycles. The van der Waals surface area contributed by atoms with Crippen molar-refractivity contribution in [1.29, 1.82) is 0 Å². The highest BCUT2D eigenvalue weighted by molar-refractivity contribution is 5.96. The molecule has 0 spiro atoms. The van der Waals surface area contributed by atoms with E-state index in [0.717, 1.165) is 16.9 Å². The first kappa shape index (κ1) is 21.0. The van der Waals surface area contributed by atoms with Crippen molar-refractivity contribution < 1.29 is 19.2 Å². The number of non-ortho nitro benzene ring substituents is 1. The molecule has 0 N–H and O–H groups in total. The number of hydrogen-bond acceptors (Lipinski definition) is 6. The van der Waals surface area contributed by atoms with Crippen molar-refractivity contribution >= 4 is 29.2 Å². The summed E-state index contributed by atoms with van der Waals surface area (Å²) in [5.41, 5.74) is 3.26. The lowest BCUT2D eigenvalue weighted by Gasteiger charge is -2.23.